The standard InChI is InChI=1S/C18H20N2O2.C3H6O2/c1-13-9-15(17-8-7-14(12-21)10-19-17)11-20-18(13)22-16-5-3-2-4-6-16;1-3(4)5-2/h7-12,16H,2-6H2,1H3;1-2H3. The molecule has 0 atom stereocenters. The summed E-state index contributed by atoms with van der Waals surface area (Å²) in [5.74, 6) is 0.477. The molecule has 1 saturated carbocycles. The fourth-order valence-electron chi connectivity index (χ4n) is 2.81. The number of hydrogen-bond acceptors (Lipinski definition) is 6. The van der Waals surface area contributed by atoms with Crippen molar-refractivity contribution in [1.82, 2.24) is 9.97 Å². The molecule has 0 saturated heterocycles. The molecule has 0 aromatic carbocycles. The summed E-state index contributed by atoms with van der Waals surface area (Å²) in [6.45, 7) is 3.37. The van der Waals surface area contributed by atoms with E-state index in [-0.39, 0.29) is 5.97 Å². The van der Waals surface area contributed by atoms with Crippen LogP contribution in [-0.4, -0.2) is 35.4 Å². The minimum absolute atomic E-state index is 0.245. The van der Waals surface area contributed by atoms with Crippen LogP contribution in [0.2, 0.25) is 0 Å². The van der Waals surface area contributed by atoms with Crippen LogP contribution in [0.5, 0.6) is 5.88 Å². The second kappa shape index (κ2) is 10.4. The molecule has 144 valence electrons. The summed E-state index contributed by atoms with van der Waals surface area (Å²) < 4.78 is 10.1. The number of esters is 1. The number of rotatable bonds is 4. The lowest BCUT2D eigenvalue weighted by molar-refractivity contribution is -0.137. The Morgan fingerprint density at radius 3 is 2.37 bits per heavy atom. The van der Waals surface area contributed by atoms with Crippen LogP contribution in [0.1, 0.15) is 54.9 Å². The fourth-order valence-corrected chi connectivity index (χ4v) is 2.81. The maximum absolute atomic E-state index is 10.7. The van der Waals surface area contributed by atoms with E-state index in [0.29, 0.717) is 11.7 Å². The molecule has 2 aromatic rings. The molecule has 0 amide bonds. The maximum Gasteiger partial charge on any atom is 0.302 e. The Morgan fingerprint density at radius 1 is 1.15 bits per heavy atom. The second-order valence-electron chi connectivity index (χ2n) is 6.51. The van der Waals surface area contributed by atoms with Crippen molar-refractivity contribution >= 4 is 12.3 Å². The Hall–Kier alpha value is -2.76. The first-order chi connectivity index (χ1) is 13.0. The molecule has 2 heterocycles. The van der Waals surface area contributed by atoms with Crippen molar-refractivity contribution in [3.8, 4) is 17.1 Å². The van der Waals surface area contributed by atoms with E-state index in [1.54, 1.807) is 18.5 Å². The molecule has 0 spiro atoms. The molecule has 0 bridgehead atoms. The summed E-state index contributed by atoms with van der Waals surface area (Å²) in [6.07, 6.45) is 10.5. The number of aldehydes is 1. The average molecular weight is 370 g/mol. The molecule has 1 aliphatic carbocycles. The van der Waals surface area contributed by atoms with E-state index in [1.807, 2.05) is 19.1 Å². The zero-order valence-corrected chi connectivity index (χ0v) is 16.1. The molecule has 0 N–H and O–H groups in total. The SMILES string of the molecule is COC(C)=O.Cc1cc(-c2ccc(C=O)cn2)cnc1OC1CCCCC1. The number of methoxy groups -OCH3 is 1. The highest BCUT2D eigenvalue weighted by Crippen LogP contribution is 2.26. The van der Waals surface area contributed by atoms with Crippen LogP contribution in [-0.2, 0) is 9.53 Å². The summed E-state index contributed by atoms with van der Waals surface area (Å²) in [7, 11) is 1.35. The molecule has 0 unspecified atom stereocenters. The van der Waals surface area contributed by atoms with Gasteiger partial charge in [0.1, 0.15) is 6.10 Å². The van der Waals surface area contributed by atoms with Gasteiger partial charge in [0, 0.05) is 36.0 Å². The second-order valence-corrected chi connectivity index (χ2v) is 6.51. The summed E-state index contributed by atoms with van der Waals surface area (Å²) in [5, 5.41) is 0. The number of pyridine rings is 2. The van der Waals surface area contributed by atoms with E-state index in [1.165, 1.54) is 33.3 Å². The highest BCUT2D eigenvalue weighted by Gasteiger charge is 2.16. The Balaban J connectivity index is 0.000000465. The van der Waals surface area contributed by atoms with Crippen LogP contribution < -0.4 is 4.74 Å². The lowest BCUT2D eigenvalue weighted by Gasteiger charge is -2.23. The van der Waals surface area contributed by atoms with Gasteiger partial charge in [-0.15, -0.1) is 0 Å². The molecular weight excluding hydrogens is 344 g/mol. The number of carbonyl (C=O) groups is 2. The molecule has 0 aliphatic heterocycles. The third-order valence-corrected chi connectivity index (χ3v) is 4.37. The van der Waals surface area contributed by atoms with Gasteiger partial charge in [0.2, 0.25) is 5.88 Å². The zero-order chi connectivity index (χ0) is 19.6. The van der Waals surface area contributed by atoms with Crippen LogP contribution in [0.15, 0.2) is 30.6 Å². The fraction of sp³-hybridized carbons (Fsp3) is 0.429. The predicted molar refractivity (Wildman–Crippen MR) is 103 cm³/mol. The van der Waals surface area contributed by atoms with Gasteiger partial charge in [0.25, 0.3) is 0 Å². The molecule has 0 radical (unpaired) electrons. The van der Waals surface area contributed by atoms with E-state index in [4.69, 9.17) is 4.74 Å². The summed E-state index contributed by atoms with van der Waals surface area (Å²) in [4.78, 5) is 29.0. The number of ether oxygens (including phenoxy) is 2. The van der Waals surface area contributed by atoms with E-state index in [9.17, 15) is 9.59 Å². The van der Waals surface area contributed by atoms with Gasteiger partial charge in [0.15, 0.2) is 6.29 Å². The molecule has 3 rings (SSSR count). The van der Waals surface area contributed by atoms with E-state index in [2.05, 4.69) is 14.7 Å². The van der Waals surface area contributed by atoms with Crippen molar-refractivity contribution in [2.24, 2.45) is 0 Å². The van der Waals surface area contributed by atoms with Crippen LogP contribution >= 0.6 is 0 Å². The van der Waals surface area contributed by atoms with Gasteiger partial charge in [-0.25, -0.2) is 4.98 Å². The number of aryl methyl sites for hydroxylation is 1. The molecule has 27 heavy (non-hydrogen) atoms. The van der Waals surface area contributed by atoms with Crippen LogP contribution in [0.4, 0.5) is 0 Å². The third-order valence-electron chi connectivity index (χ3n) is 4.37. The molecule has 6 nitrogen and oxygen atoms in total. The summed E-state index contributed by atoms with van der Waals surface area (Å²) in [5.41, 5.74) is 3.34. The lowest BCUT2D eigenvalue weighted by Crippen LogP contribution is -2.20. The van der Waals surface area contributed by atoms with E-state index < -0.39 is 0 Å². The smallest absolute Gasteiger partial charge is 0.302 e. The number of nitrogens with zero attached hydrogens (tertiary/aromatic N) is 2. The summed E-state index contributed by atoms with van der Waals surface area (Å²) >= 11 is 0. The van der Waals surface area contributed by atoms with Crippen LogP contribution in [0, 0.1) is 6.92 Å². The first-order valence-electron chi connectivity index (χ1n) is 9.13. The number of aromatic nitrogens is 2. The quantitative estimate of drug-likeness (QED) is 0.594. The largest absolute Gasteiger partial charge is 0.474 e. The third kappa shape index (κ3) is 6.47. The van der Waals surface area contributed by atoms with Crippen molar-refractivity contribution < 1.29 is 19.1 Å². The van der Waals surface area contributed by atoms with Crippen molar-refractivity contribution in [3.05, 3.63) is 41.7 Å². The average Bonchev–Trinajstić information content (AvgIpc) is 2.71. The molecular formula is C21H26N2O4. The van der Waals surface area contributed by atoms with Gasteiger partial charge in [-0.2, -0.15) is 0 Å². The van der Waals surface area contributed by atoms with Crippen LogP contribution in [0.25, 0.3) is 11.3 Å². The molecule has 2 aromatic heterocycles. The first kappa shape index (κ1) is 20.6. The molecule has 1 aliphatic rings. The van der Waals surface area contributed by atoms with Gasteiger partial charge in [0.05, 0.1) is 12.8 Å². The number of carbonyl (C=O) groups excluding carboxylic acids is 2. The molecule has 6 heteroatoms. The highest BCUT2D eigenvalue weighted by atomic mass is 16.5. The van der Waals surface area contributed by atoms with Gasteiger partial charge in [-0.1, -0.05) is 6.42 Å². The lowest BCUT2D eigenvalue weighted by atomic mass is 9.98. The van der Waals surface area contributed by atoms with E-state index in [0.717, 1.165) is 41.8 Å². The van der Waals surface area contributed by atoms with Crippen LogP contribution in [0.3, 0.4) is 0 Å². The van der Waals surface area contributed by atoms with E-state index >= 15 is 0 Å². The molecule has 1 fully saturated rings. The maximum atomic E-state index is 10.7. The first-order valence-corrected chi connectivity index (χ1v) is 9.13. The number of hydrogen-bond donors (Lipinski definition) is 0. The minimum Gasteiger partial charge on any atom is -0.474 e. The van der Waals surface area contributed by atoms with Gasteiger partial charge < -0.3 is 9.47 Å². The Morgan fingerprint density at radius 2 is 1.85 bits per heavy atom. The van der Waals surface area contributed by atoms with Crippen molar-refractivity contribution in [3.63, 3.8) is 0 Å². The topological polar surface area (TPSA) is 78.4 Å². The zero-order valence-electron chi connectivity index (χ0n) is 16.1. The predicted octanol–water partition coefficient (Wildman–Crippen LogP) is 4.16. The van der Waals surface area contributed by atoms with Gasteiger partial charge >= 0.3 is 5.97 Å². The Labute approximate surface area is 159 Å². The van der Waals surface area contributed by atoms with Crippen molar-refractivity contribution in [2.45, 2.75) is 52.1 Å². The highest BCUT2D eigenvalue weighted by molar-refractivity contribution is 5.75. The Kier molecular flexibility index (Phi) is 7.92. The Bertz CT molecular complexity index is 753. The van der Waals surface area contributed by atoms with Gasteiger partial charge in [-0.05, 0) is 50.8 Å². The normalized spacial score (nSPS) is 13.9. The van der Waals surface area contributed by atoms with Crippen molar-refractivity contribution in [2.75, 3.05) is 7.11 Å². The van der Waals surface area contributed by atoms with Gasteiger partial charge in [-0.3, -0.25) is 14.6 Å². The minimum atomic E-state index is -0.245. The van der Waals surface area contributed by atoms with Crippen molar-refractivity contribution in [1.29, 1.82) is 0 Å². The summed E-state index contributed by atoms with van der Waals surface area (Å²) in [6, 6.07) is 5.63. The monoisotopic (exact) mass is 370 g/mol.